The summed E-state index contributed by atoms with van der Waals surface area (Å²) < 4.78 is 26.3. The van der Waals surface area contributed by atoms with E-state index in [4.69, 9.17) is 23.2 Å². The van der Waals surface area contributed by atoms with Crippen molar-refractivity contribution in [1.29, 1.82) is 0 Å². The van der Waals surface area contributed by atoms with Crippen molar-refractivity contribution in [2.45, 2.75) is 53.1 Å². The number of benzene rings is 2. The highest BCUT2D eigenvalue weighted by Gasteiger charge is 2.27. The van der Waals surface area contributed by atoms with Crippen LogP contribution in [0.1, 0.15) is 44.7 Å². The maximum Gasteiger partial charge on any atom is 0.242 e. The van der Waals surface area contributed by atoms with Crippen LogP contribution in [0, 0.1) is 12.8 Å². The second-order valence-corrected chi connectivity index (χ2v) is 12.0. The summed E-state index contributed by atoms with van der Waals surface area (Å²) in [6.07, 6.45) is 1.47. The van der Waals surface area contributed by atoms with Gasteiger partial charge in [-0.15, -0.1) is 0 Å². The van der Waals surface area contributed by atoms with E-state index in [1.807, 2.05) is 26.0 Å². The van der Waals surface area contributed by atoms with Crippen LogP contribution in [-0.4, -0.2) is 50.5 Å². The molecule has 10 heteroatoms. The first-order chi connectivity index (χ1) is 16.8. The molecule has 0 spiro atoms. The predicted octanol–water partition coefficient (Wildman–Crippen LogP) is 5.04. The molecule has 0 aliphatic carbocycles. The van der Waals surface area contributed by atoms with Gasteiger partial charge in [0.15, 0.2) is 0 Å². The molecule has 0 heterocycles. The van der Waals surface area contributed by atoms with Gasteiger partial charge in [-0.05, 0) is 61.6 Å². The number of amides is 2. The summed E-state index contributed by atoms with van der Waals surface area (Å²) in [5, 5.41) is 3.93. The van der Waals surface area contributed by atoms with Crippen LogP contribution in [0.3, 0.4) is 0 Å². The van der Waals surface area contributed by atoms with Crippen LogP contribution in [0.15, 0.2) is 42.5 Å². The van der Waals surface area contributed by atoms with E-state index in [0.29, 0.717) is 27.8 Å². The highest BCUT2D eigenvalue weighted by molar-refractivity contribution is 7.92. The van der Waals surface area contributed by atoms with Gasteiger partial charge in [-0.25, -0.2) is 8.42 Å². The Morgan fingerprint density at radius 1 is 1.03 bits per heavy atom. The molecule has 0 aromatic heterocycles. The first-order valence-corrected chi connectivity index (χ1v) is 14.5. The zero-order valence-corrected chi connectivity index (χ0v) is 23.8. The standard InChI is InChI=1S/C26H35Cl2N3O4S/c1-18(2)16-29-26(33)20(4)30(17-21-11-13-22(27)14-12-21)25(32)10-7-15-31(36(5,34)35)24-9-6-8-23(28)19(24)3/h6,8-9,11-14,18,20H,7,10,15-17H2,1-5H3,(H,29,33)/t20-/m1/s1. The van der Waals surface area contributed by atoms with Crippen molar-refractivity contribution in [3.63, 3.8) is 0 Å². The molecule has 0 bridgehead atoms. The molecule has 1 N–H and O–H groups in total. The molecule has 2 aromatic carbocycles. The Kier molecular flexibility index (Phi) is 11.1. The van der Waals surface area contributed by atoms with Crippen LogP contribution >= 0.6 is 23.2 Å². The molecule has 0 saturated carbocycles. The number of carbonyl (C=O) groups excluding carboxylic acids is 2. The summed E-state index contributed by atoms with van der Waals surface area (Å²) in [6, 6.07) is 11.5. The molecule has 0 fully saturated rings. The van der Waals surface area contributed by atoms with E-state index >= 15 is 0 Å². The van der Waals surface area contributed by atoms with Gasteiger partial charge < -0.3 is 10.2 Å². The number of nitrogens with zero attached hydrogens (tertiary/aromatic N) is 2. The van der Waals surface area contributed by atoms with E-state index in [1.54, 1.807) is 44.2 Å². The van der Waals surface area contributed by atoms with E-state index in [1.165, 1.54) is 9.21 Å². The third-order valence-electron chi connectivity index (χ3n) is 5.78. The maximum absolute atomic E-state index is 13.3. The van der Waals surface area contributed by atoms with Crippen LogP contribution < -0.4 is 9.62 Å². The number of rotatable bonds is 12. The van der Waals surface area contributed by atoms with Crippen LogP contribution in [0.4, 0.5) is 5.69 Å². The molecule has 1 atom stereocenters. The van der Waals surface area contributed by atoms with Gasteiger partial charge >= 0.3 is 0 Å². The second-order valence-electron chi connectivity index (χ2n) is 9.29. The molecule has 0 unspecified atom stereocenters. The van der Waals surface area contributed by atoms with Crippen LogP contribution in [0.25, 0.3) is 0 Å². The lowest BCUT2D eigenvalue weighted by Crippen LogP contribution is -2.48. The van der Waals surface area contributed by atoms with Crippen molar-refractivity contribution in [1.82, 2.24) is 10.2 Å². The van der Waals surface area contributed by atoms with Gasteiger partial charge in [0.2, 0.25) is 21.8 Å². The lowest BCUT2D eigenvalue weighted by Gasteiger charge is -2.30. The SMILES string of the molecule is Cc1c(Cl)cccc1N(CCCC(=O)N(Cc1ccc(Cl)cc1)[C@H](C)C(=O)NCC(C)C)S(C)(=O)=O. The van der Waals surface area contributed by atoms with E-state index in [-0.39, 0.29) is 43.7 Å². The average molecular weight is 557 g/mol. The number of carbonyl (C=O) groups is 2. The number of hydrogen-bond acceptors (Lipinski definition) is 4. The minimum absolute atomic E-state index is 0.0705. The summed E-state index contributed by atoms with van der Waals surface area (Å²) in [7, 11) is -3.60. The molecule has 7 nitrogen and oxygen atoms in total. The molecule has 0 aliphatic rings. The van der Waals surface area contributed by atoms with Crippen molar-refractivity contribution in [3.05, 3.63) is 63.6 Å². The molecular formula is C26H35Cl2N3O4S. The summed E-state index contributed by atoms with van der Waals surface area (Å²) in [6.45, 7) is 8.29. The lowest BCUT2D eigenvalue weighted by molar-refractivity contribution is -0.140. The van der Waals surface area contributed by atoms with Crippen molar-refractivity contribution in [2.24, 2.45) is 5.92 Å². The average Bonchev–Trinajstić information content (AvgIpc) is 2.80. The Morgan fingerprint density at radius 3 is 2.25 bits per heavy atom. The van der Waals surface area contributed by atoms with Gasteiger partial charge in [-0.1, -0.05) is 55.2 Å². The van der Waals surface area contributed by atoms with Crippen LogP contribution in [0.5, 0.6) is 0 Å². The predicted molar refractivity (Wildman–Crippen MR) is 147 cm³/mol. The number of halogens is 2. The Bertz CT molecular complexity index is 1150. The van der Waals surface area contributed by atoms with E-state index in [2.05, 4.69) is 5.32 Å². The number of nitrogens with one attached hydrogen (secondary N) is 1. The number of hydrogen-bond donors (Lipinski definition) is 1. The third kappa shape index (κ3) is 8.68. The second kappa shape index (κ2) is 13.3. The zero-order valence-electron chi connectivity index (χ0n) is 21.4. The van der Waals surface area contributed by atoms with Crippen LogP contribution in [-0.2, 0) is 26.2 Å². The van der Waals surface area contributed by atoms with Crippen molar-refractivity contribution < 1.29 is 18.0 Å². The fourth-order valence-electron chi connectivity index (χ4n) is 3.67. The number of sulfonamides is 1. The lowest BCUT2D eigenvalue weighted by atomic mass is 10.1. The summed E-state index contributed by atoms with van der Waals surface area (Å²) >= 11 is 12.2. The normalized spacial score (nSPS) is 12.3. The monoisotopic (exact) mass is 555 g/mol. The smallest absolute Gasteiger partial charge is 0.242 e. The highest BCUT2D eigenvalue weighted by atomic mass is 35.5. The molecule has 198 valence electrons. The zero-order chi connectivity index (χ0) is 27.0. The Balaban J connectivity index is 2.19. The van der Waals surface area contributed by atoms with Crippen molar-refractivity contribution in [2.75, 3.05) is 23.7 Å². The topological polar surface area (TPSA) is 86.8 Å². The molecular weight excluding hydrogens is 521 g/mol. The quantitative estimate of drug-likeness (QED) is 0.397. The van der Waals surface area contributed by atoms with Crippen LogP contribution in [0.2, 0.25) is 10.0 Å². The van der Waals surface area contributed by atoms with Crippen molar-refractivity contribution >= 4 is 50.7 Å². The van der Waals surface area contributed by atoms with E-state index in [9.17, 15) is 18.0 Å². The molecule has 2 rings (SSSR count). The molecule has 0 aliphatic heterocycles. The minimum atomic E-state index is -3.60. The molecule has 0 saturated heterocycles. The molecule has 2 aromatic rings. The molecule has 36 heavy (non-hydrogen) atoms. The number of anilines is 1. The maximum atomic E-state index is 13.3. The van der Waals surface area contributed by atoms with Gasteiger partial charge in [-0.2, -0.15) is 0 Å². The highest BCUT2D eigenvalue weighted by Crippen LogP contribution is 2.28. The summed E-state index contributed by atoms with van der Waals surface area (Å²) in [5.74, 6) is -0.203. The van der Waals surface area contributed by atoms with Gasteiger partial charge in [-0.3, -0.25) is 13.9 Å². The first-order valence-electron chi connectivity index (χ1n) is 11.9. The van der Waals surface area contributed by atoms with E-state index < -0.39 is 16.1 Å². The van der Waals surface area contributed by atoms with Gasteiger partial charge in [0.1, 0.15) is 6.04 Å². The molecule has 0 radical (unpaired) electrons. The van der Waals surface area contributed by atoms with E-state index in [0.717, 1.165) is 11.8 Å². The largest absolute Gasteiger partial charge is 0.354 e. The van der Waals surface area contributed by atoms with Gasteiger partial charge in [0, 0.05) is 36.1 Å². The first kappa shape index (κ1) is 29.9. The fourth-order valence-corrected chi connectivity index (χ4v) is 4.98. The Hall–Kier alpha value is -2.29. The Labute approximate surface area is 224 Å². The minimum Gasteiger partial charge on any atom is -0.354 e. The van der Waals surface area contributed by atoms with Gasteiger partial charge in [0.05, 0.1) is 11.9 Å². The summed E-state index contributed by atoms with van der Waals surface area (Å²) in [5.41, 5.74) is 1.97. The summed E-state index contributed by atoms with van der Waals surface area (Å²) in [4.78, 5) is 27.6. The molecule has 2 amide bonds. The Morgan fingerprint density at radius 2 is 1.67 bits per heavy atom. The van der Waals surface area contributed by atoms with Crippen molar-refractivity contribution in [3.8, 4) is 0 Å². The fraction of sp³-hybridized carbons (Fsp3) is 0.462. The third-order valence-corrected chi connectivity index (χ3v) is 7.62. The van der Waals surface area contributed by atoms with Gasteiger partial charge in [0.25, 0.3) is 0 Å².